The van der Waals surface area contributed by atoms with Crippen LogP contribution in [0.5, 0.6) is 5.75 Å². The van der Waals surface area contributed by atoms with E-state index in [0.717, 1.165) is 16.9 Å². The summed E-state index contributed by atoms with van der Waals surface area (Å²) in [5, 5.41) is 0. The molecular weight excluding hydrogens is 164 g/mol. The third kappa shape index (κ3) is 2.36. The van der Waals surface area contributed by atoms with Crippen LogP contribution in [0.3, 0.4) is 0 Å². The average molecular weight is 180 g/mol. The molecule has 0 saturated heterocycles. The summed E-state index contributed by atoms with van der Waals surface area (Å²) in [5.41, 5.74) is 14.0. The first-order valence-corrected chi connectivity index (χ1v) is 4.34. The van der Waals surface area contributed by atoms with Gasteiger partial charge >= 0.3 is 0 Å². The molecule has 0 aliphatic carbocycles. The van der Waals surface area contributed by atoms with Crippen molar-refractivity contribution in [1.82, 2.24) is 0 Å². The van der Waals surface area contributed by atoms with Gasteiger partial charge in [-0.3, -0.25) is 0 Å². The Kier molecular flexibility index (Phi) is 3.14. The number of hydrogen-bond acceptors (Lipinski definition) is 3. The number of rotatable bonds is 3. The fourth-order valence-corrected chi connectivity index (χ4v) is 1.35. The Balaban J connectivity index is 2.92. The van der Waals surface area contributed by atoms with Crippen molar-refractivity contribution >= 4 is 5.69 Å². The molecule has 0 bridgehead atoms. The van der Waals surface area contributed by atoms with E-state index in [9.17, 15) is 0 Å². The van der Waals surface area contributed by atoms with Gasteiger partial charge in [-0.25, -0.2) is 0 Å². The number of nitrogen functional groups attached to an aromatic ring is 1. The normalized spacial score (nSPS) is 10.1. The molecule has 0 aliphatic heterocycles. The predicted octanol–water partition coefficient (Wildman–Crippen LogP) is 1.22. The summed E-state index contributed by atoms with van der Waals surface area (Å²) < 4.78 is 5.42. The summed E-state index contributed by atoms with van der Waals surface area (Å²) >= 11 is 0. The lowest BCUT2D eigenvalue weighted by molar-refractivity contribution is 0.328. The van der Waals surface area contributed by atoms with Gasteiger partial charge in [0.05, 0.1) is 5.69 Å². The Bertz CT molecular complexity index is 274. The zero-order chi connectivity index (χ0) is 9.84. The topological polar surface area (TPSA) is 61.3 Å². The predicted molar refractivity (Wildman–Crippen MR) is 54.9 cm³/mol. The summed E-state index contributed by atoms with van der Waals surface area (Å²) in [6, 6.07) is 3.95. The molecule has 72 valence electrons. The summed E-state index contributed by atoms with van der Waals surface area (Å²) in [7, 11) is 0. The Morgan fingerprint density at radius 1 is 1.31 bits per heavy atom. The van der Waals surface area contributed by atoms with Crippen molar-refractivity contribution in [2.24, 2.45) is 5.73 Å². The van der Waals surface area contributed by atoms with Crippen molar-refractivity contribution in [1.29, 1.82) is 0 Å². The lowest BCUT2D eigenvalue weighted by Gasteiger charge is -2.11. The maximum atomic E-state index is 5.80. The van der Waals surface area contributed by atoms with Crippen LogP contribution in [0, 0.1) is 13.8 Å². The maximum absolute atomic E-state index is 5.80. The van der Waals surface area contributed by atoms with Crippen molar-refractivity contribution in [3.8, 4) is 5.75 Å². The standard InChI is InChI=1S/C10H16N2O/c1-7-5-8(2)10(9(12)6-7)13-4-3-11/h5-6H,3-4,11-12H2,1-2H3. The largest absolute Gasteiger partial charge is 0.490 e. The molecule has 3 nitrogen and oxygen atoms in total. The monoisotopic (exact) mass is 180 g/mol. The Morgan fingerprint density at radius 2 is 2.00 bits per heavy atom. The van der Waals surface area contributed by atoms with Crippen LogP contribution in [0.15, 0.2) is 12.1 Å². The molecule has 0 fully saturated rings. The molecule has 4 N–H and O–H groups in total. The number of aryl methyl sites for hydroxylation is 2. The first kappa shape index (κ1) is 9.86. The quantitative estimate of drug-likeness (QED) is 0.687. The molecule has 0 aromatic heterocycles. The van der Waals surface area contributed by atoms with E-state index in [1.807, 2.05) is 26.0 Å². The molecule has 0 saturated carbocycles. The van der Waals surface area contributed by atoms with Gasteiger partial charge in [-0.1, -0.05) is 6.07 Å². The van der Waals surface area contributed by atoms with Gasteiger partial charge < -0.3 is 16.2 Å². The van der Waals surface area contributed by atoms with E-state index < -0.39 is 0 Å². The van der Waals surface area contributed by atoms with Crippen molar-refractivity contribution in [3.05, 3.63) is 23.3 Å². The van der Waals surface area contributed by atoms with Crippen molar-refractivity contribution in [3.63, 3.8) is 0 Å². The summed E-state index contributed by atoms with van der Waals surface area (Å²) in [4.78, 5) is 0. The highest BCUT2D eigenvalue weighted by Gasteiger charge is 2.04. The summed E-state index contributed by atoms with van der Waals surface area (Å²) in [6.45, 7) is 5.01. The lowest BCUT2D eigenvalue weighted by atomic mass is 10.1. The van der Waals surface area contributed by atoms with Crippen LogP contribution in [-0.4, -0.2) is 13.2 Å². The van der Waals surface area contributed by atoms with Crippen LogP contribution < -0.4 is 16.2 Å². The molecule has 1 rings (SSSR count). The van der Waals surface area contributed by atoms with E-state index >= 15 is 0 Å². The molecule has 0 aliphatic rings. The first-order chi connectivity index (χ1) is 6.15. The molecule has 0 unspecified atom stereocenters. The smallest absolute Gasteiger partial charge is 0.145 e. The second-order valence-electron chi connectivity index (χ2n) is 3.14. The van der Waals surface area contributed by atoms with E-state index in [0.29, 0.717) is 18.8 Å². The van der Waals surface area contributed by atoms with Gasteiger partial charge in [0.1, 0.15) is 12.4 Å². The average Bonchev–Trinajstić information content (AvgIpc) is 2.02. The highest BCUT2D eigenvalue weighted by molar-refractivity contribution is 5.58. The van der Waals surface area contributed by atoms with Gasteiger partial charge in [0.2, 0.25) is 0 Å². The maximum Gasteiger partial charge on any atom is 0.145 e. The van der Waals surface area contributed by atoms with E-state index in [2.05, 4.69) is 0 Å². The highest BCUT2D eigenvalue weighted by Crippen LogP contribution is 2.27. The second kappa shape index (κ2) is 4.14. The number of benzene rings is 1. The van der Waals surface area contributed by atoms with E-state index in [4.69, 9.17) is 16.2 Å². The number of anilines is 1. The van der Waals surface area contributed by atoms with Crippen LogP contribution in [0.2, 0.25) is 0 Å². The summed E-state index contributed by atoms with van der Waals surface area (Å²) in [6.07, 6.45) is 0. The number of ether oxygens (including phenoxy) is 1. The van der Waals surface area contributed by atoms with Gasteiger partial charge in [0, 0.05) is 6.54 Å². The highest BCUT2D eigenvalue weighted by atomic mass is 16.5. The molecule has 0 spiro atoms. The van der Waals surface area contributed by atoms with E-state index in [-0.39, 0.29) is 0 Å². The van der Waals surface area contributed by atoms with Crippen LogP contribution in [0.4, 0.5) is 5.69 Å². The third-order valence-electron chi connectivity index (χ3n) is 1.81. The van der Waals surface area contributed by atoms with Crippen molar-refractivity contribution in [2.75, 3.05) is 18.9 Å². The molecular formula is C10H16N2O. The number of nitrogens with two attached hydrogens (primary N) is 2. The Hall–Kier alpha value is -1.22. The Labute approximate surface area is 78.7 Å². The lowest BCUT2D eigenvalue weighted by Crippen LogP contribution is -2.12. The number of hydrogen-bond donors (Lipinski definition) is 2. The van der Waals surface area contributed by atoms with E-state index in [1.165, 1.54) is 0 Å². The van der Waals surface area contributed by atoms with Gasteiger partial charge in [-0.15, -0.1) is 0 Å². The second-order valence-corrected chi connectivity index (χ2v) is 3.14. The SMILES string of the molecule is Cc1cc(C)c(OCCN)c(N)c1. The molecule has 1 aromatic rings. The minimum absolute atomic E-state index is 0.507. The summed E-state index contributed by atoms with van der Waals surface area (Å²) in [5.74, 6) is 0.760. The minimum atomic E-state index is 0.507. The zero-order valence-corrected chi connectivity index (χ0v) is 8.13. The Morgan fingerprint density at radius 3 is 2.54 bits per heavy atom. The van der Waals surface area contributed by atoms with E-state index in [1.54, 1.807) is 0 Å². The first-order valence-electron chi connectivity index (χ1n) is 4.34. The molecule has 0 amide bonds. The molecule has 1 aromatic carbocycles. The van der Waals surface area contributed by atoms with Crippen LogP contribution in [-0.2, 0) is 0 Å². The van der Waals surface area contributed by atoms with Crippen molar-refractivity contribution in [2.45, 2.75) is 13.8 Å². The van der Waals surface area contributed by atoms with Crippen LogP contribution in [0.25, 0.3) is 0 Å². The molecule has 3 heteroatoms. The van der Waals surface area contributed by atoms with Gasteiger partial charge in [-0.05, 0) is 31.0 Å². The molecule has 0 heterocycles. The molecule has 0 atom stereocenters. The fourth-order valence-electron chi connectivity index (χ4n) is 1.35. The van der Waals surface area contributed by atoms with Gasteiger partial charge in [0.15, 0.2) is 0 Å². The minimum Gasteiger partial charge on any atom is -0.490 e. The van der Waals surface area contributed by atoms with Crippen LogP contribution in [0.1, 0.15) is 11.1 Å². The van der Waals surface area contributed by atoms with Gasteiger partial charge in [-0.2, -0.15) is 0 Å². The zero-order valence-electron chi connectivity index (χ0n) is 8.13. The third-order valence-corrected chi connectivity index (χ3v) is 1.81. The molecule has 13 heavy (non-hydrogen) atoms. The van der Waals surface area contributed by atoms with Gasteiger partial charge in [0.25, 0.3) is 0 Å². The van der Waals surface area contributed by atoms with Crippen molar-refractivity contribution < 1.29 is 4.74 Å². The van der Waals surface area contributed by atoms with Crippen LogP contribution >= 0.6 is 0 Å². The fraction of sp³-hybridized carbons (Fsp3) is 0.400. The molecule has 0 radical (unpaired) electrons.